The lowest BCUT2D eigenvalue weighted by molar-refractivity contribution is -0.858. The summed E-state index contributed by atoms with van der Waals surface area (Å²) < 4.78 is 1.76. The number of thioether (sulfide) groups is 1. The van der Waals surface area contributed by atoms with Crippen LogP contribution < -0.4 is 10.5 Å². The van der Waals surface area contributed by atoms with E-state index in [4.69, 9.17) is 11.6 Å². The van der Waals surface area contributed by atoms with Crippen LogP contribution in [-0.2, 0) is 6.54 Å². The Bertz CT molecular complexity index is 669. The van der Waals surface area contributed by atoms with Crippen molar-refractivity contribution in [2.45, 2.75) is 18.1 Å². The van der Waals surface area contributed by atoms with Gasteiger partial charge in [0.25, 0.3) is 5.56 Å². The number of hydrogen-bond acceptors (Lipinski definition) is 3. The summed E-state index contributed by atoms with van der Waals surface area (Å²) in [6, 6.07) is 5.26. The second kappa shape index (κ2) is 6.61. The lowest BCUT2D eigenvalue weighted by atomic mass is 10.2. The molecule has 0 aliphatic heterocycles. The molecular weight excluding hydrogens is 294 g/mol. The van der Waals surface area contributed by atoms with Gasteiger partial charge in [-0.1, -0.05) is 23.4 Å². The van der Waals surface area contributed by atoms with E-state index in [2.05, 4.69) is 19.1 Å². The fourth-order valence-corrected chi connectivity index (χ4v) is 2.87. The van der Waals surface area contributed by atoms with Crippen molar-refractivity contribution >= 4 is 34.3 Å². The van der Waals surface area contributed by atoms with E-state index in [1.165, 1.54) is 16.7 Å². The summed E-state index contributed by atoms with van der Waals surface area (Å²) in [7, 11) is 4.22. The van der Waals surface area contributed by atoms with E-state index in [0.717, 1.165) is 18.1 Å². The molecule has 1 aromatic carbocycles. The molecule has 20 heavy (non-hydrogen) atoms. The Kier molecular flexibility index (Phi) is 5.07. The van der Waals surface area contributed by atoms with Crippen LogP contribution in [0, 0.1) is 0 Å². The average Bonchev–Trinajstić information content (AvgIpc) is 2.41. The molecule has 0 bridgehead atoms. The van der Waals surface area contributed by atoms with Crippen molar-refractivity contribution in [2.24, 2.45) is 0 Å². The summed E-state index contributed by atoms with van der Waals surface area (Å²) in [4.78, 5) is 18.5. The number of nitrogens with zero attached hydrogens (tertiary/aromatic N) is 2. The molecule has 108 valence electrons. The van der Waals surface area contributed by atoms with Crippen LogP contribution in [0.25, 0.3) is 10.9 Å². The minimum atomic E-state index is -0.00407. The van der Waals surface area contributed by atoms with Crippen LogP contribution in [0.15, 0.2) is 28.2 Å². The number of hydrogen-bond donors (Lipinski definition) is 1. The van der Waals surface area contributed by atoms with Crippen molar-refractivity contribution < 1.29 is 4.90 Å². The van der Waals surface area contributed by atoms with Gasteiger partial charge in [-0.3, -0.25) is 9.36 Å². The minimum Gasteiger partial charge on any atom is -0.340 e. The fourth-order valence-electron chi connectivity index (χ4n) is 2.12. The molecule has 6 heteroatoms. The molecule has 0 amide bonds. The first kappa shape index (κ1) is 15.4. The molecule has 0 saturated heterocycles. The first-order valence-corrected chi connectivity index (χ1v) is 8.16. The number of quaternary nitrogens is 1. The molecule has 1 heterocycles. The van der Waals surface area contributed by atoms with Crippen molar-refractivity contribution in [1.29, 1.82) is 0 Å². The van der Waals surface area contributed by atoms with Gasteiger partial charge in [0.15, 0.2) is 5.16 Å². The van der Waals surface area contributed by atoms with Gasteiger partial charge in [0.05, 0.1) is 31.5 Å². The Labute approximate surface area is 127 Å². The summed E-state index contributed by atoms with van der Waals surface area (Å²) in [5, 5.41) is 1.92. The molecule has 0 radical (unpaired) electrons. The Morgan fingerprint density at radius 1 is 1.40 bits per heavy atom. The molecule has 4 nitrogen and oxygen atoms in total. The average molecular weight is 313 g/mol. The Balaban J connectivity index is 2.45. The van der Waals surface area contributed by atoms with Crippen molar-refractivity contribution in [3.63, 3.8) is 0 Å². The van der Waals surface area contributed by atoms with E-state index in [1.807, 2.05) is 6.26 Å². The van der Waals surface area contributed by atoms with Gasteiger partial charge >= 0.3 is 0 Å². The molecule has 2 rings (SSSR count). The summed E-state index contributed by atoms with van der Waals surface area (Å²) in [5.74, 6) is 0. The van der Waals surface area contributed by atoms with Crippen LogP contribution in [-0.4, -0.2) is 36.4 Å². The molecule has 1 aromatic heterocycles. The van der Waals surface area contributed by atoms with E-state index in [0.29, 0.717) is 22.5 Å². The van der Waals surface area contributed by atoms with E-state index in [9.17, 15) is 4.79 Å². The predicted molar refractivity (Wildman–Crippen MR) is 85.1 cm³/mol. The van der Waals surface area contributed by atoms with Gasteiger partial charge in [0.2, 0.25) is 0 Å². The fraction of sp³-hybridized carbons (Fsp3) is 0.429. The largest absolute Gasteiger partial charge is 0.340 e. The SMILES string of the molecule is CSc1nc2ccc(Cl)cc2c(=O)n1CCC[NH+](C)C. The third kappa shape index (κ3) is 3.34. The van der Waals surface area contributed by atoms with Crippen LogP contribution in [0.3, 0.4) is 0 Å². The number of aromatic nitrogens is 2. The molecule has 0 aliphatic carbocycles. The molecule has 2 aromatic rings. The van der Waals surface area contributed by atoms with Crippen LogP contribution in [0.1, 0.15) is 6.42 Å². The molecule has 0 saturated carbocycles. The van der Waals surface area contributed by atoms with Gasteiger partial charge < -0.3 is 4.90 Å². The highest BCUT2D eigenvalue weighted by atomic mass is 35.5. The van der Waals surface area contributed by atoms with Gasteiger partial charge in [0.1, 0.15) is 0 Å². The first-order valence-electron chi connectivity index (χ1n) is 6.56. The quantitative estimate of drug-likeness (QED) is 0.668. The molecule has 0 unspecified atom stereocenters. The molecule has 0 spiro atoms. The highest BCUT2D eigenvalue weighted by Gasteiger charge is 2.11. The normalized spacial score (nSPS) is 11.4. The first-order chi connectivity index (χ1) is 9.52. The maximum Gasteiger partial charge on any atom is 0.262 e. The summed E-state index contributed by atoms with van der Waals surface area (Å²) in [6.45, 7) is 1.71. The van der Waals surface area contributed by atoms with Gasteiger partial charge in [-0.05, 0) is 24.5 Å². The second-order valence-corrected chi connectivity index (χ2v) is 6.24. The third-order valence-corrected chi connectivity index (χ3v) is 4.03. The highest BCUT2D eigenvalue weighted by molar-refractivity contribution is 7.98. The van der Waals surface area contributed by atoms with Crippen molar-refractivity contribution in [3.8, 4) is 0 Å². The highest BCUT2D eigenvalue weighted by Crippen LogP contribution is 2.18. The molecule has 0 aliphatic rings. The zero-order valence-electron chi connectivity index (χ0n) is 11.9. The number of fused-ring (bicyclic) bond motifs is 1. The Hall–Kier alpha value is -1.04. The van der Waals surface area contributed by atoms with E-state index in [-0.39, 0.29) is 5.56 Å². The smallest absolute Gasteiger partial charge is 0.262 e. The number of halogens is 1. The zero-order chi connectivity index (χ0) is 14.7. The van der Waals surface area contributed by atoms with Crippen LogP contribution in [0.4, 0.5) is 0 Å². The van der Waals surface area contributed by atoms with Crippen molar-refractivity contribution in [1.82, 2.24) is 9.55 Å². The lowest BCUT2D eigenvalue weighted by Gasteiger charge is -2.13. The molecular formula is C14H19ClN3OS+. The topological polar surface area (TPSA) is 39.3 Å². The van der Waals surface area contributed by atoms with Crippen LogP contribution in [0.2, 0.25) is 5.02 Å². The Morgan fingerprint density at radius 3 is 2.80 bits per heavy atom. The number of benzene rings is 1. The van der Waals surface area contributed by atoms with E-state index in [1.54, 1.807) is 22.8 Å². The summed E-state index contributed by atoms with van der Waals surface area (Å²) in [6.07, 6.45) is 2.89. The summed E-state index contributed by atoms with van der Waals surface area (Å²) >= 11 is 7.48. The minimum absolute atomic E-state index is 0.00407. The maximum atomic E-state index is 12.6. The van der Waals surface area contributed by atoms with E-state index >= 15 is 0 Å². The monoisotopic (exact) mass is 312 g/mol. The van der Waals surface area contributed by atoms with Gasteiger partial charge in [-0.25, -0.2) is 4.98 Å². The van der Waals surface area contributed by atoms with Crippen LogP contribution in [0.5, 0.6) is 0 Å². The second-order valence-electron chi connectivity index (χ2n) is 5.03. The van der Waals surface area contributed by atoms with Gasteiger partial charge in [0, 0.05) is 18.0 Å². The molecule has 0 fully saturated rings. The Morgan fingerprint density at radius 2 is 2.15 bits per heavy atom. The zero-order valence-corrected chi connectivity index (χ0v) is 13.5. The predicted octanol–water partition coefficient (Wildman–Crippen LogP) is 1.31. The third-order valence-electron chi connectivity index (χ3n) is 3.12. The van der Waals surface area contributed by atoms with Crippen LogP contribution >= 0.6 is 23.4 Å². The number of rotatable bonds is 5. The molecule has 0 atom stereocenters. The van der Waals surface area contributed by atoms with Gasteiger partial charge in [-0.15, -0.1) is 0 Å². The summed E-state index contributed by atoms with van der Waals surface area (Å²) in [5.41, 5.74) is 0.703. The van der Waals surface area contributed by atoms with Gasteiger partial charge in [-0.2, -0.15) is 0 Å². The van der Waals surface area contributed by atoms with E-state index < -0.39 is 0 Å². The van der Waals surface area contributed by atoms with Crippen molar-refractivity contribution in [2.75, 3.05) is 26.9 Å². The maximum absolute atomic E-state index is 12.6. The standard InChI is InChI=1S/C14H18ClN3OS/c1-17(2)7-4-8-18-13(19)11-9-10(15)5-6-12(11)16-14(18)20-3/h5-6,9H,4,7-8H2,1-3H3/p+1. The van der Waals surface area contributed by atoms with Crippen molar-refractivity contribution in [3.05, 3.63) is 33.6 Å². The number of nitrogens with one attached hydrogen (secondary N) is 1. The molecule has 1 N–H and O–H groups in total. The lowest BCUT2D eigenvalue weighted by Crippen LogP contribution is -3.05.